The van der Waals surface area contributed by atoms with Gasteiger partial charge in [-0.25, -0.2) is 4.79 Å². The molecule has 0 saturated carbocycles. The van der Waals surface area contributed by atoms with Crippen LogP contribution in [0.5, 0.6) is 0 Å². The molecule has 23 heavy (non-hydrogen) atoms. The lowest BCUT2D eigenvalue weighted by molar-refractivity contribution is 0.0522. The number of hydrogen-bond acceptors (Lipinski definition) is 5. The SMILES string of the molecule is CCN(CC)C1CCN(C(CN)CCNC(=O)OC(C)(C)C)C1. The van der Waals surface area contributed by atoms with E-state index >= 15 is 0 Å². The van der Waals surface area contributed by atoms with Crippen LogP contribution in [0.3, 0.4) is 0 Å². The number of carbonyl (C=O) groups excluding carboxylic acids is 1. The summed E-state index contributed by atoms with van der Waals surface area (Å²) < 4.78 is 5.25. The first kappa shape index (κ1) is 20.2. The van der Waals surface area contributed by atoms with Crippen molar-refractivity contribution >= 4 is 6.09 Å². The molecular formula is C17H36N4O2. The van der Waals surface area contributed by atoms with Crippen molar-refractivity contribution in [3.8, 4) is 0 Å². The predicted molar refractivity (Wildman–Crippen MR) is 94.6 cm³/mol. The molecule has 0 bridgehead atoms. The van der Waals surface area contributed by atoms with Crippen molar-refractivity contribution in [3.05, 3.63) is 0 Å². The number of alkyl carbamates (subject to hydrolysis) is 1. The van der Waals surface area contributed by atoms with Crippen LogP contribution in [-0.4, -0.2) is 72.8 Å². The van der Waals surface area contributed by atoms with Crippen molar-refractivity contribution in [2.45, 2.75) is 65.1 Å². The molecule has 1 aliphatic heterocycles. The van der Waals surface area contributed by atoms with E-state index in [1.807, 2.05) is 20.8 Å². The van der Waals surface area contributed by atoms with E-state index in [-0.39, 0.29) is 6.09 Å². The number of nitrogens with one attached hydrogen (secondary N) is 1. The Morgan fingerprint density at radius 1 is 1.39 bits per heavy atom. The van der Waals surface area contributed by atoms with Crippen LogP contribution < -0.4 is 11.1 Å². The highest BCUT2D eigenvalue weighted by atomic mass is 16.6. The van der Waals surface area contributed by atoms with Gasteiger partial charge in [0.05, 0.1) is 0 Å². The van der Waals surface area contributed by atoms with E-state index in [0.717, 1.165) is 32.6 Å². The number of rotatable bonds is 8. The molecular weight excluding hydrogens is 292 g/mol. The number of ether oxygens (including phenoxy) is 1. The molecule has 1 heterocycles. The minimum Gasteiger partial charge on any atom is -0.444 e. The average molecular weight is 329 g/mol. The highest BCUT2D eigenvalue weighted by Gasteiger charge is 2.30. The number of hydrogen-bond donors (Lipinski definition) is 2. The maximum Gasteiger partial charge on any atom is 0.407 e. The van der Waals surface area contributed by atoms with Crippen LogP contribution in [0.25, 0.3) is 0 Å². The molecule has 0 aliphatic carbocycles. The summed E-state index contributed by atoms with van der Waals surface area (Å²) in [6.45, 7) is 15.6. The minimum atomic E-state index is -0.455. The van der Waals surface area contributed by atoms with Gasteiger partial charge in [-0.3, -0.25) is 9.80 Å². The van der Waals surface area contributed by atoms with Crippen LogP contribution in [0.2, 0.25) is 0 Å². The van der Waals surface area contributed by atoms with Crippen LogP contribution in [0.4, 0.5) is 4.79 Å². The average Bonchev–Trinajstić information content (AvgIpc) is 2.92. The fourth-order valence-corrected chi connectivity index (χ4v) is 3.24. The summed E-state index contributed by atoms with van der Waals surface area (Å²) in [5.41, 5.74) is 5.50. The minimum absolute atomic E-state index is 0.325. The summed E-state index contributed by atoms with van der Waals surface area (Å²) in [4.78, 5) is 16.7. The quantitative estimate of drug-likeness (QED) is 0.709. The van der Waals surface area contributed by atoms with Crippen LogP contribution >= 0.6 is 0 Å². The highest BCUT2D eigenvalue weighted by Crippen LogP contribution is 2.18. The Hall–Kier alpha value is -0.850. The van der Waals surface area contributed by atoms with E-state index < -0.39 is 5.60 Å². The first-order valence-corrected chi connectivity index (χ1v) is 8.95. The molecule has 0 aromatic rings. The van der Waals surface area contributed by atoms with Crippen molar-refractivity contribution in [2.24, 2.45) is 5.73 Å². The summed E-state index contributed by atoms with van der Waals surface area (Å²) in [6.07, 6.45) is 1.72. The third kappa shape index (κ3) is 7.06. The predicted octanol–water partition coefficient (Wildman–Crippen LogP) is 1.64. The summed E-state index contributed by atoms with van der Waals surface area (Å²) >= 11 is 0. The zero-order chi connectivity index (χ0) is 17.5. The fraction of sp³-hybridized carbons (Fsp3) is 0.941. The summed E-state index contributed by atoms with van der Waals surface area (Å²) in [6, 6.07) is 0.961. The number of nitrogens with zero attached hydrogens (tertiary/aromatic N) is 2. The second-order valence-corrected chi connectivity index (χ2v) is 7.27. The molecule has 1 aliphatic rings. The van der Waals surface area contributed by atoms with Gasteiger partial charge in [-0.05, 0) is 46.7 Å². The smallest absolute Gasteiger partial charge is 0.407 e. The Labute approximate surface area is 141 Å². The normalized spacial score (nSPS) is 20.7. The Balaban J connectivity index is 2.36. The molecule has 1 amide bonds. The third-order valence-corrected chi connectivity index (χ3v) is 4.46. The maximum atomic E-state index is 11.7. The Morgan fingerprint density at radius 2 is 2.04 bits per heavy atom. The van der Waals surface area contributed by atoms with Crippen molar-refractivity contribution in [1.82, 2.24) is 15.1 Å². The topological polar surface area (TPSA) is 70.8 Å². The maximum absolute atomic E-state index is 11.7. The van der Waals surface area contributed by atoms with Gasteiger partial charge in [0.2, 0.25) is 0 Å². The molecule has 0 aromatic heterocycles. The molecule has 6 heteroatoms. The molecule has 3 N–H and O–H groups in total. The Bertz CT molecular complexity index is 353. The lowest BCUT2D eigenvalue weighted by Gasteiger charge is -2.30. The van der Waals surface area contributed by atoms with Gasteiger partial charge < -0.3 is 15.8 Å². The van der Waals surface area contributed by atoms with Crippen molar-refractivity contribution < 1.29 is 9.53 Å². The molecule has 2 atom stereocenters. The van der Waals surface area contributed by atoms with Gasteiger partial charge in [0.15, 0.2) is 0 Å². The fourth-order valence-electron chi connectivity index (χ4n) is 3.24. The second kappa shape index (κ2) is 9.45. The van der Waals surface area contributed by atoms with E-state index in [2.05, 4.69) is 29.0 Å². The lowest BCUT2D eigenvalue weighted by atomic mass is 10.2. The zero-order valence-corrected chi connectivity index (χ0v) is 15.6. The van der Waals surface area contributed by atoms with Crippen LogP contribution in [0.1, 0.15) is 47.5 Å². The number of amides is 1. The monoisotopic (exact) mass is 328 g/mol. The second-order valence-electron chi connectivity index (χ2n) is 7.27. The van der Waals surface area contributed by atoms with Gasteiger partial charge in [-0.15, -0.1) is 0 Å². The van der Waals surface area contributed by atoms with Gasteiger partial charge in [-0.1, -0.05) is 13.8 Å². The van der Waals surface area contributed by atoms with Gasteiger partial charge in [0.25, 0.3) is 0 Å². The molecule has 0 aromatic carbocycles. The van der Waals surface area contributed by atoms with Gasteiger partial charge >= 0.3 is 6.09 Å². The van der Waals surface area contributed by atoms with Gasteiger partial charge in [0, 0.05) is 38.3 Å². The van der Waals surface area contributed by atoms with Crippen molar-refractivity contribution in [1.29, 1.82) is 0 Å². The van der Waals surface area contributed by atoms with E-state index in [1.165, 1.54) is 6.42 Å². The largest absolute Gasteiger partial charge is 0.444 e. The summed E-state index contributed by atoms with van der Waals surface area (Å²) in [5.74, 6) is 0. The van der Waals surface area contributed by atoms with E-state index in [9.17, 15) is 4.79 Å². The molecule has 1 rings (SSSR count). The molecule has 136 valence electrons. The number of carbonyl (C=O) groups is 1. The molecule has 1 saturated heterocycles. The van der Waals surface area contributed by atoms with Crippen LogP contribution in [0.15, 0.2) is 0 Å². The number of likely N-dealkylation sites (N-methyl/N-ethyl adjacent to an activating group) is 1. The molecule has 0 spiro atoms. The molecule has 1 fully saturated rings. The third-order valence-electron chi connectivity index (χ3n) is 4.46. The zero-order valence-electron chi connectivity index (χ0n) is 15.6. The first-order chi connectivity index (χ1) is 10.8. The lowest BCUT2D eigenvalue weighted by Crippen LogP contribution is -2.44. The van der Waals surface area contributed by atoms with Crippen molar-refractivity contribution in [3.63, 3.8) is 0 Å². The molecule has 0 radical (unpaired) electrons. The van der Waals surface area contributed by atoms with Crippen LogP contribution in [-0.2, 0) is 4.74 Å². The van der Waals surface area contributed by atoms with E-state index in [4.69, 9.17) is 10.5 Å². The van der Waals surface area contributed by atoms with E-state index in [0.29, 0.717) is 25.2 Å². The summed E-state index contributed by atoms with van der Waals surface area (Å²) in [7, 11) is 0. The van der Waals surface area contributed by atoms with Gasteiger partial charge in [0.1, 0.15) is 5.60 Å². The van der Waals surface area contributed by atoms with Crippen LogP contribution in [0, 0.1) is 0 Å². The van der Waals surface area contributed by atoms with E-state index in [1.54, 1.807) is 0 Å². The Morgan fingerprint density at radius 3 is 2.57 bits per heavy atom. The molecule has 2 unspecified atom stereocenters. The Kier molecular flexibility index (Phi) is 8.29. The molecule has 6 nitrogen and oxygen atoms in total. The standard InChI is InChI=1S/C17H36N4O2/c1-6-20(7-2)15-9-11-21(13-15)14(12-18)8-10-19-16(22)23-17(3,4)5/h14-15H,6-13,18H2,1-5H3,(H,19,22). The van der Waals surface area contributed by atoms with Gasteiger partial charge in [-0.2, -0.15) is 0 Å². The highest BCUT2D eigenvalue weighted by molar-refractivity contribution is 5.67. The first-order valence-electron chi connectivity index (χ1n) is 8.95. The number of likely N-dealkylation sites (tertiary alicyclic amines) is 1. The summed E-state index contributed by atoms with van der Waals surface area (Å²) in [5, 5.41) is 2.83. The number of nitrogens with two attached hydrogens (primary N) is 1. The van der Waals surface area contributed by atoms with Crippen molar-refractivity contribution in [2.75, 3.05) is 39.3 Å².